The van der Waals surface area contributed by atoms with Crippen molar-refractivity contribution in [2.45, 2.75) is 6.42 Å². The molecule has 4 nitrogen and oxygen atoms in total. The molecule has 2 N–H and O–H groups in total. The largest absolute Gasteiger partial charge is 0.352 e. The third-order valence-corrected chi connectivity index (χ3v) is 2.90. The molecule has 0 aliphatic rings. The van der Waals surface area contributed by atoms with Crippen LogP contribution in [-0.2, 0) is 6.42 Å². The van der Waals surface area contributed by atoms with Gasteiger partial charge < -0.3 is 10.3 Å². The van der Waals surface area contributed by atoms with Gasteiger partial charge in [0.1, 0.15) is 0 Å². The molecular weight excluding hydrogens is 264 g/mol. The molecule has 0 aliphatic carbocycles. The summed E-state index contributed by atoms with van der Waals surface area (Å²) in [5, 5.41) is 3.46. The molecule has 19 heavy (non-hydrogen) atoms. The predicted octanol–water partition coefficient (Wildman–Crippen LogP) is 2.00. The second kappa shape index (κ2) is 6.20. The van der Waals surface area contributed by atoms with Crippen molar-refractivity contribution in [2.24, 2.45) is 0 Å². The topological polar surface area (TPSA) is 62.0 Å². The van der Waals surface area contributed by atoms with Crippen molar-refractivity contribution in [2.75, 3.05) is 6.54 Å². The lowest BCUT2D eigenvalue weighted by Gasteiger charge is -2.05. The number of pyridine rings is 1. The highest BCUT2D eigenvalue weighted by Crippen LogP contribution is 2.09. The number of hydrogen-bond donors (Lipinski definition) is 2. The van der Waals surface area contributed by atoms with Crippen LogP contribution >= 0.6 is 11.6 Å². The molecule has 0 saturated carbocycles. The number of halogens is 1. The molecule has 1 amide bonds. The Hall–Kier alpha value is -2.07. The summed E-state index contributed by atoms with van der Waals surface area (Å²) in [6, 6.07) is 10.3. The van der Waals surface area contributed by atoms with Gasteiger partial charge in [-0.25, -0.2) is 0 Å². The van der Waals surface area contributed by atoms with Crippen LogP contribution in [0, 0.1) is 0 Å². The number of carbonyl (C=O) groups excluding carboxylic acids is 1. The molecule has 0 bridgehead atoms. The maximum atomic E-state index is 11.8. The first kappa shape index (κ1) is 13.4. The van der Waals surface area contributed by atoms with E-state index in [1.807, 2.05) is 24.3 Å². The number of amides is 1. The van der Waals surface area contributed by atoms with E-state index in [0.717, 1.165) is 5.56 Å². The summed E-state index contributed by atoms with van der Waals surface area (Å²) in [6.45, 7) is 0.507. The number of benzene rings is 1. The highest BCUT2D eigenvalue weighted by atomic mass is 35.5. The third-order valence-electron chi connectivity index (χ3n) is 2.65. The van der Waals surface area contributed by atoms with Crippen LogP contribution in [0.15, 0.2) is 47.4 Å². The second-order valence-electron chi connectivity index (χ2n) is 4.07. The van der Waals surface area contributed by atoms with Gasteiger partial charge in [0.15, 0.2) is 0 Å². The van der Waals surface area contributed by atoms with Crippen molar-refractivity contribution in [3.8, 4) is 0 Å². The minimum absolute atomic E-state index is 0.250. The van der Waals surface area contributed by atoms with Gasteiger partial charge in [-0.2, -0.15) is 0 Å². The fraction of sp³-hybridized carbons (Fsp3) is 0.143. The Morgan fingerprint density at radius 2 is 1.95 bits per heavy atom. The van der Waals surface area contributed by atoms with E-state index in [4.69, 9.17) is 11.6 Å². The monoisotopic (exact) mass is 276 g/mol. The maximum Gasteiger partial charge on any atom is 0.251 e. The van der Waals surface area contributed by atoms with Crippen LogP contribution in [-0.4, -0.2) is 17.4 Å². The van der Waals surface area contributed by atoms with Crippen LogP contribution in [0.1, 0.15) is 15.9 Å². The lowest BCUT2D eigenvalue weighted by atomic mass is 10.1. The van der Waals surface area contributed by atoms with Crippen molar-refractivity contribution in [1.29, 1.82) is 0 Å². The average molecular weight is 277 g/mol. The van der Waals surface area contributed by atoms with Gasteiger partial charge in [0, 0.05) is 29.4 Å². The van der Waals surface area contributed by atoms with Gasteiger partial charge in [-0.15, -0.1) is 0 Å². The molecule has 1 aromatic carbocycles. The van der Waals surface area contributed by atoms with E-state index in [2.05, 4.69) is 10.3 Å². The van der Waals surface area contributed by atoms with Gasteiger partial charge in [0.2, 0.25) is 5.56 Å². The first-order valence-electron chi connectivity index (χ1n) is 5.86. The normalized spacial score (nSPS) is 10.2. The average Bonchev–Trinajstić information content (AvgIpc) is 2.41. The summed E-state index contributed by atoms with van der Waals surface area (Å²) in [6.07, 6.45) is 2.17. The zero-order chi connectivity index (χ0) is 13.7. The van der Waals surface area contributed by atoms with Gasteiger partial charge >= 0.3 is 0 Å². The minimum Gasteiger partial charge on any atom is -0.352 e. The summed E-state index contributed by atoms with van der Waals surface area (Å²) in [5.74, 6) is -0.250. The van der Waals surface area contributed by atoms with E-state index in [0.29, 0.717) is 23.6 Å². The molecule has 98 valence electrons. The Bertz CT molecular complexity index is 620. The lowest BCUT2D eigenvalue weighted by Crippen LogP contribution is -2.26. The summed E-state index contributed by atoms with van der Waals surface area (Å²) < 4.78 is 0. The van der Waals surface area contributed by atoms with Gasteiger partial charge in [-0.3, -0.25) is 9.59 Å². The number of aromatic nitrogens is 1. The molecule has 2 rings (SSSR count). The van der Waals surface area contributed by atoms with Gasteiger partial charge in [0.25, 0.3) is 5.91 Å². The fourth-order valence-corrected chi connectivity index (χ4v) is 1.79. The fourth-order valence-electron chi connectivity index (χ4n) is 1.66. The van der Waals surface area contributed by atoms with Gasteiger partial charge in [-0.05, 0) is 30.2 Å². The number of rotatable bonds is 4. The summed E-state index contributed by atoms with van der Waals surface area (Å²) in [4.78, 5) is 25.3. The van der Waals surface area contributed by atoms with Crippen LogP contribution in [0.25, 0.3) is 0 Å². The van der Waals surface area contributed by atoms with Crippen molar-refractivity contribution < 1.29 is 4.79 Å². The van der Waals surface area contributed by atoms with Crippen LogP contribution in [0.4, 0.5) is 0 Å². The number of H-pyrrole nitrogens is 1. The first-order chi connectivity index (χ1) is 9.15. The van der Waals surface area contributed by atoms with E-state index in [1.165, 1.54) is 12.3 Å². The van der Waals surface area contributed by atoms with E-state index in [1.54, 1.807) is 6.07 Å². The van der Waals surface area contributed by atoms with Crippen LogP contribution in [0.2, 0.25) is 5.02 Å². The molecule has 5 heteroatoms. The molecule has 2 aromatic rings. The summed E-state index contributed by atoms with van der Waals surface area (Å²) in [7, 11) is 0. The molecule has 0 radical (unpaired) electrons. The molecule has 0 spiro atoms. The zero-order valence-corrected chi connectivity index (χ0v) is 10.9. The predicted molar refractivity (Wildman–Crippen MR) is 74.6 cm³/mol. The molecule has 1 aromatic heterocycles. The Labute approximate surface area is 115 Å². The quantitative estimate of drug-likeness (QED) is 0.897. The molecule has 0 fully saturated rings. The highest BCUT2D eigenvalue weighted by Gasteiger charge is 2.04. The van der Waals surface area contributed by atoms with E-state index in [9.17, 15) is 9.59 Å². The summed E-state index contributed by atoms with van der Waals surface area (Å²) >= 11 is 5.79. The van der Waals surface area contributed by atoms with Crippen LogP contribution < -0.4 is 10.9 Å². The van der Waals surface area contributed by atoms with Gasteiger partial charge in [0.05, 0.1) is 0 Å². The van der Waals surface area contributed by atoms with E-state index < -0.39 is 0 Å². The Morgan fingerprint density at radius 1 is 1.21 bits per heavy atom. The standard InChI is InChI=1S/C14H13ClN2O2/c15-12-3-1-10(2-4-12)5-7-17-14(19)11-6-8-16-13(18)9-11/h1-4,6,8-9H,5,7H2,(H,16,18)(H,17,19). The van der Waals surface area contributed by atoms with E-state index >= 15 is 0 Å². The number of aromatic amines is 1. The van der Waals surface area contributed by atoms with Crippen molar-refractivity contribution in [3.05, 3.63) is 69.1 Å². The van der Waals surface area contributed by atoms with Crippen molar-refractivity contribution in [3.63, 3.8) is 0 Å². The summed E-state index contributed by atoms with van der Waals surface area (Å²) in [5.41, 5.74) is 1.17. The second-order valence-corrected chi connectivity index (χ2v) is 4.51. The molecule has 0 saturated heterocycles. The van der Waals surface area contributed by atoms with Gasteiger partial charge in [-0.1, -0.05) is 23.7 Å². The molecule has 0 atom stereocenters. The number of hydrogen-bond acceptors (Lipinski definition) is 2. The van der Waals surface area contributed by atoms with Crippen molar-refractivity contribution in [1.82, 2.24) is 10.3 Å². The Morgan fingerprint density at radius 3 is 2.63 bits per heavy atom. The lowest BCUT2D eigenvalue weighted by molar-refractivity contribution is 0.0954. The first-order valence-corrected chi connectivity index (χ1v) is 6.24. The highest BCUT2D eigenvalue weighted by molar-refractivity contribution is 6.30. The van der Waals surface area contributed by atoms with Crippen LogP contribution in [0.3, 0.4) is 0 Å². The molecule has 0 unspecified atom stereocenters. The Balaban J connectivity index is 1.87. The SMILES string of the molecule is O=C(NCCc1ccc(Cl)cc1)c1cc[nH]c(=O)c1. The molecule has 1 heterocycles. The third kappa shape index (κ3) is 3.96. The maximum absolute atomic E-state index is 11.8. The molecular formula is C14H13ClN2O2. The smallest absolute Gasteiger partial charge is 0.251 e. The number of nitrogens with one attached hydrogen (secondary N) is 2. The molecule has 0 aliphatic heterocycles. The zero-order valence-electron chi connectivity index (χ0n) is 10.2. The van der Waals surface area contributed by atoms with Crippen LogP contribution in [0.5, 0.6) is 0 Å². The number of carbonyl (C=O) groups is 1. The van der Waals surface area contributed by atoms with E-state index in [-0.39, 0.29) is 11.5 Å². The minimum atomic E-state index is -0.287. The Kier molecular flexibility index (Phi) is 4.36. The van der Waals surface area contributed by atoms with Crippen molar-refractivity contribution >= 4 is 17.5 Å².